The highest BCUT2D eigenvalue weighted by atomic mass is 32.1. The summed E-state index contributed by atoms with van der Waals surface area (Å²) in [6.45, 7) is 0.928. The quantitative estimate of drug-likeness (QED) is 0.723. The van der Waals surface area contributed by atoms with E-state index in [0.29, 0.717) is 23.7 Å². The van der Waals surface area contributed by atoms with Crippen LogP contribution >= 0.6 is 11.3 Å². The van der Waals surface area contributed by atoms with Gasteiger partial charge in [0.25, 0.3) is 5.91 Å². The van der Waals surface area contributed by atoms with Crippen molar-refractivity contribution in [2.75, 3.05) is 18.1 Å². The molecule has 0 radical (unpaired) electrons. The number of hydrogen-bond donors (Lipinski definition) is 0. The van der Waals surface area contributed by atoms with Gasteiger partial charge in [0, 0.05) is 30.1 Å². The molecule has 4 rings (SSSR count). The molecule has 0 bridgehead atoms. The van der Waals surface area contributed by atoms with Crippen LogP contribution in [0.15, 0.2) is 54.0 Å². The van der Waals surface area contributed by atoms with Crippen LogP contribution in [0.2, 0.25) is 0 Å². The fourth-order valence-electron chi connectivity index (χ4n) is 3.14. The van der Waals surface area contributed by atoms with Crippen LogP contribution in [0.4, 0.5) is 5.13 Å². The van der Waals surface area contributed by atoms with Crippen molar-refractivity contribution >= 4 is 39.1 Å². The lowest BCUT2D eigenvalue weighted by molar-refractivity contribution is -0.127. The van der Waals surface area contributed by atoms with Crippen molar-refractivity contribution < 1.29 is 9.59 Å². The Balaban J connectivity index is 1.73. The van der Waals surface area contributed by atoms with Crippen molar-refractivity contribution in [2.24, 2.45) is 0 Å². The number of rotatable bonds is 4. The van der Waals surface area contributed by atoms with Crippen LogP contribution < -0.4 is 4.90 Å². The number of amides is 2. The molecule has 6 heteroatoms. The summed E-state index contributed by atoms with van der Waals surface area (Å²) in [5.74, 6) is -0.0428. The minimum atomic E-state index is -0.133. The fraction of sp³-hybridized carbons (Fsp3) is 0.211. The van der Waals surface area contributed by atoms with Gasteiger partial charge in [-0.3, -0.25) is 14.5 Å². The molecule has 1 fully saturated rings. The zero-order chi connectivity index (χ0) is 17.2. The Kier molecular flexibility index (Phi) is 4.19. The number of carbonyl (C=O) groups excluding carboxylic acids is 2. The van der Waals surface area contributed by atoms with E-state index < -0.39 is 0 Å². The first-order valence-corrected chi connectivity index (χ1v) is 9.09. The summed E-state index contributed by atoms with van der Waals surface area (Å²) < 4.78 is 0. The monoisotopic (exact) mass is 351 g/mol. The van der Waals surface area contributed by atoms with E-state index in [-0.39, 0.29) is 18.5 Å². The molecule has 0 N–H and O–H groups in total. The second-order valence-corrected chi connectivity index (χ2v) is 6.85. The SMILES string of the molecule is O=C1CCCN1CN(C(=O)c1cccc2ccccc12)c1nccs1. The normalized spacial score (nSPS) is 14.2. The minimum Gasteiger partial charge on any atom is -0.324 e. The van der Waals surface area contributed by atoms with E-state index in [9.17, 15) is 9.59 Å². The van der Waals surface area contributed by atoms with Crippen molar-refractivity contribution in [1.29, 1.82) is 0 Å². The number of thiazole rings is 1. The second-order valence-electron chi connectivity index (χ2n) is 5.98. The van der Waals surface area contributed by atoms with Crippen molar-refractivity contribution in [3.8, 4) is 0 Å². The Morgan fingerprint density at radius 1 is 1.20 bits per heavy atom. The van der Waals surface area contributed by atoms with E-state index in [4.69, 9.17) is 0 Å². The zero-order valence-electron chi connectivity index (χ0n) is 13.6. The molecule has 126 valence electrons. The van der Waals surface area contributed by atoms with Crippen LogP contribution in [0.3, 0.4) is 0 Å². The van der Waals surface area contributed by atoms with Gasteiger partial charge in [0.15, 0.2) is 5.13 Å². The number of fused-ring (bicyclic) bond motifs is 1. The first kappa shape index (κ1) is 15.8. The maximum absolute atomic E-state index is 13.3. The van der Waals surface area contributed by atoms with Crippen molar-refractivity contribution in [3.05, 3.63) is 59.6 Å². The number of benzene rings is 2. The van der Waals surface area contributed by atoms with Gasteiger partial charge in [-0.15, -0.1) is 11.3 Å². The zero-order valence-corrected chi connectivity index (χ0v) is 14.4. The molecule has 0 unspecified atom stereocenters. The minimum absolute atomic E-state index is 0.0901. The summed E-state index contributed by atoms with van der Waals surface area (Å²) in [7, 11) is 0. The Morgan fingerprint density at radius 3 is 2.80 bits per heavy atom. The predicted octanol–water partition coefficient (Wildman–Crippen LogP) is 3.52. The van der Waals surface area contributed by atoms with E-state index in [1.807, 2.05) is 47.8 Å². The van der Waals surface area contributed by atoms with E-state index >= 15 is 0 Å². The van der Waals surface area contributed by atoms with E-state index in [0.717, 1.165) is 17.2 Å². The molecule has 0 spiro atoms. The first-order chi connectivity index (χ1) is 12.2. The van der Waals surface area contributed by atoms with Crippen LogP contribution in [-0.4, -0.2) is 34.9 Å². The van der Waals surface area contributed by atoms with Gasteiger partial charge in [-0.05, 0) is 23.3 Å². The highest BCUT2D eigenvalue weighted by Crippen LogP contribution is 2.25. The van der Waals surface area contributed by atoms with Gasteiger partial charge in [-0.25, -0.2) is 4.98 Å². The molecule has 3 aromatic rings. The summed E-state index contributed by atoms with van der Waals surface area (Å²) >= 11 is 1.40. The third-order valence-corrected chi connectivity index (χ3v) is 5.19. The van der Waals surface area contributed by atoms with Crippen molar-refractivity contribution in [3.63, 3.8) is 0 Å². The lowest BCUT2D eigenvalue weighted by atomic mass is 10.0. The molecule has 2 amide bonds. The molecule has 1 aliphatic rings. The molecular weight excluding hydrogens is 334 g/mol. The first-order valence-electron chi connectivity index (χ1n) is 8.21. The Labute approximate surface area is 149 Å². The summed E-state index contributed by atoms with van der Waals surface area (Å²) in [6, 6.07) is 13.5. The van der Waals surface area contributed by atoms with Gasteiger partial charge in [-0.1, -0.05) is 36.4 Å². The van der Waals surface area contributed by atoms with E-state index in [2.05, 4.69) is 4.98 Å². The molecule has 25 heavy (non-hydrogen) atoms. The lowest BCUT2D eigenvalue weighted by Gasteiger charge is -2.26. The van der Waals surface area contributed by atoms with Crippen LogP contribution in [0.1, 0.15) is 23.2 Å². The topological polar surface area (TPSA) is 53.5 Å². The van der Waals surface area contributed by atoms with E-state index in [1.54, 1.807) is 16.0 Å². The average Bonchev–Trinajstić information content (AvgIpc) is 3.30. The highest BCUT2D eigenvalue weighted by molar-refractivity contribution is 7.13. The van der Waals surface area contributed by atoms with Gasteiger partial charge in [0.2, 0.25) is 5.91 Å². The molecule has 0 saturated carbocycles. The van der Waals surface area contributed by atoms with Crippen LogP contribution in [0, 0.1) is 0 Å². The largest absolute Gasteiger partial charge is 0.324 e. The molecule has 0 aliphatic carbocycles. The Bertz CT molecular complexity index is 918. The summed E-state index contributed by atoms with van der Waals surface area (Å²) in [4.78, 5) is 33.0. The maximum Gasteiger partial charge on any atom is 0.262 e. The molecule has 2 heterocycles. The lowest BCUT2D eigenvalue weighted by Crippen LogP contribution is -2.42. The van der Waals surface area contributed by atoms with Crippen LogP contribution in [0.5, 0.6) is 0 Å². The standard InChI is InChI=1S/C19H17N3O2S/c23-17-9-4-11-21(17)13-22(19-20-10-12-25-19)18(24)16-8-3-6-14-5-1-2-7-15(14)16/h1-3,5-8,10,12H,4,9,11,13H2. The molecule has 1 saturated heterocycles. The number of nitrogens with zero attached hydrogens (tertiary/aromatic N) is 3. The summed E-state index contributed by atoms with van der Waals surface area (Å²) in [5, 5.41) is 4.37. The molecule has 0 atom stereocenters. The molecule has 2 aromatic carbocycles. The number of aromatic nitrogens is 1. The number of likely N-dealkylation sites (tertiary alicyclic amines) is 1. The van der Waals surface area contributed by atoms with Crippen molar-refractivity contribution in [2.45, 2.75) is 12.8 Å². The highest BCUT2D eigenvalue weighted by Gasteiger charge is 2.28. The van der Waals surface area contributed by atoms with Gasteiger partial charge >= 0.3 is 0 Å². The number of hydrogen-bond acceptors (Lipinski definition) is 4. The molecule has 1 aromatic heterocycles. The number of anilines is 1. The van der Waals surface area contributed by atoms with Crippen LogP contribution in [-0.2, 0) is 4.79 Å². The van der Waals surface area contributed by atoms with Gasteiger partial charge < -0.3 is 4.90 Å². The third-order valence-electron chi connectivity index (χ3n) is 4.40. The molecule has 1 aliphatic heterocycles. The Hall–Kier alpha value is -2.73. The van der Waals surface area contributed by atoms with Crippen LogP contribution in [0.25, 0.3) is 10.8 Å². The van der Waals surface area contributed by atoms with Crippen molar-refractivity contribution in [1.82, 2.24) is 9.88 Å². The van der Waals surface area contributed by atoms with Gasteiger partial charge in [-0.2, -0.15) is 0 Å². The average molecular weight is 351 g/mol. The van der Waals surface area contributed by atoms with E-state index in [1.165, 1.54) is 11.3 Å². The fourth-order valence-corrected chi connectivity index (χ4v) is 3.78. The molecule has 5 nitrogen and oxygen atoms in total. The molecular formula is C19H17N3O2S. The van der Waals surface area contributed by atoms with Gasteiger partial charge in [0.1, 0.15) is 6.67 Å². The predicted molar refractivity (Wildman–Crippen MR) is 98.7 cm³/mol. The third kappa shape index (κ3) is 3.00. The number of carbonyl (C=O) groups is 2. The maximum atomic E-state index is 13.3. The van der Waals surface area contributed by atoms with Gasteiger partial charge in [0.05, 0.1) is 0 Å². The second kappa shape index (κ2) is 6.64. The Morgan fingerprint density at radius 2 is 2.04 bits per heavy atom. The summed E-state index contributed by atoms with van der Waals surface area (Å²) in [6.07, 6.45) is 3.07. The smallest absolute Gasteiger partial charge is 0.262 e. The summed E-state index contributed by atoms with van der Waals surface area (Å²) in [5.41, 5.74) is 0.625.